The molecule has 1 fully saturated rings. The maximum absolute atomic E-state index is 12.6. The number of anilines is 3. The topological polar surface area (TPSA) is 149 Å². The van der Waals surface area contributed by atoms with Gasteiger partial charge in [-0.25, -0.2) is 9.97 Å². The Labute approximate surface area is 266 Å². The van der Waals surface area contributed by atoms with Crippen LogP contribution in [0.3, 0.4) is 0 Å². The predicted molar refractivity (Wildman–Crippen MR) is 174 cm³/mol. The van der Waals surface area contributed by atoms with Gasteiger partial charge >= 0.3 is 0 Å². The Hall–Kier alpha value is -4.29. The van der Waals surface area contributed by atoms with Crippen molar-refractivity contribution in [2.24, 2.45) is 0 Å². The first-order valence-corrected chi connectivity index (χ1v) is 15.9. The van der Waals surface area contributed by atoms with E-state index in [0.29, 0.717) is 60.1 Å². The van der Waals surface area contributed by atoms with Crippen LogP contribution in [0.4, 0.5) is 17.1 Å². The van der Waals surface area contributed by atoms with E-state index < -0.39 is 6.29 Å². The Bertz CT molecular complexity index is 1540. The summed E-state index contributed by atoms with van der Waals surface area (Å²) in [6, 6.07) is 24.1. The minimum absolute atomic E-state index is 0.0153. The Morgan fingerprint density at radius 3 is 2.20 bits per heavy atom. The Kier molecular flexibility index (Phi) is 11.5. The predicted octanol–water partition coefficient (Wildman–Crippen LogP) is 6.03. The van der Waals surface area contributed by atoms with Crippen LogP contribution in [0, 0.1) is 0 Å². The molecule has 4 aromatic rings. The van der Waals surface area contributed by atoms with E-state index in [4.69, 9.17) is 15.2 Å². The van der Waals surface area contributed by atoms with Crippen LogP contribution in [0.15, 0.2) is 96.4 Å². The maximum atomic E-state index is 12.6. The summed E-state index contributed by atoms with van der Waals surface area (Å²) in [5.41, 5.74) is 10.3. The smallest absolute Gasteiger partial charge is 0.224 e. The van der Waals surface area contributed by atoms with Crippen LogP contribution in [0.1, 0.15) is 61.2 Å². The molecule has 1 aliphatic rings. The number of nitrogens with two attached hydrogens (primary N) is 1. The highest BCUT2D eigenvalue weighted by molar-refractivity contribution is 7.99. The van der Waals surface area contributed by atoms with Gasteiger partial charge in [0.15, 0.2) is 11.4 Å². The quantitative estimate of drug-likeness (QED) is 0.0604. The normalized spacial score (nSPS) is 17.8. The lowest BCUT2D eigenvalue weighted by Crippen LogP contribution is -2.31. The van der Waals surface area contributed by atoms with Gasteiger partial charge in [-0.15, -0.1) is 0 Å². The number of ether oxygens (including phenoxy) is 2. The lowest BCUT2D eigenvalue weighted by molar-refractivity contribution is -0.245. The molecule has 2 amide bonds. The molecule has 11 heteroatoms. The van der Waals surface area contributed by atoms with Crippen molar-refractivity contribution >= 4 is 40.6 Å². The van der Waals surface area contributed by atoms with Crippen molar-refractivity contribution in [3.8, 4) is 0 Å². The molecular formula is C34H37N5O5S. The summed E-state index contributed by atoms with van der Waals surface area (Å²) in [5, 5.41) is 15.9. The van der Waals surface area contributed by atoms with E-state index in [1.54, 1.807) is 30.6 Å². The van der Waals surface area contributed by atoms with Crippen molar-refractivity contribution in [3.63, 3.8) is 0 Å². The molecule has 0 spiro atoms. The minimum Gasteiger partial charge on any atom is -0.397 e. The molecule has 1 saturated heterocycles. The number of carbonyl (C=O) groups is 2. The van der Waals surface area contributed by atoms with Crippen LogP contribution >= 0.6 is 11.8 Å². The summed E-state index contributed by atoms with van der Waals surface area (Å²) in [6.45, 7) is -0.0153. The van der Waals surface area contributed by atoms with Gasteiger partial charge < -0.3 is 30.9 Å². The number of carbonyl (C=O) groups excluding carboxylic acids is 2. The Morgan fingerprint density at radius 1 is 0.844 bits per heavy atom. The molecule has 0 saturated carbocycles. The van der Waals surface area contributed by atoms with E-state index in [1.165, 1.54) is 11.8 Å². The summed E-state index contributed by atoms with van der Waals surface area (Å²) >= 11 is 1.54. The third-order valence-corrected chi connectivity index (χ3v) is 8.32. The van der Waals surface area contributed by atoms with Crippen molar-refractivity contribution in [2.45, 2.75) is 62.4 Å². The SMILES string of the molecule is Nc1ccccc1NC(=O)CCCCC(=O)Nc1ccc([C@@H]2O[C@H](CSc3ncccn3)C[C@H](c3ccc(CO)cc3)O2)cc1. The molecule has 3 atom stereocenters. The number of aliphatic hydroxyl groups is 1. The van der Waals surface area contributed by atoms with E-state index in [1.807, 2.05) is 60.7 Å². The van der Waals surface area contributed by atoms with Crippen molar-refractivity contribution in [3.05, 3.63) is 108 Å². The molecule has 0 bridgehead atoms. The molecule has 0 aliphatic carbocycles. The number of amides is 2. The summed E-state index contributed by atoms with van der Waals surface area (Å²) < 4.78 is 12.8. The molecule has 0 radical (unpaired) electrons. The van der Waals surface area contributed by atoms with E-state index in [0.717, 1.165) is 16.7 Å². The maximum Gasteiger partial charge on any atom is 0.224 e. The van der Waals surface area contributed by atoms with Crippen molar-refractivity contribution < 1.29 is 24.2 Å². The van der Waals surface area contributed by atoms with Crippen LogP contribution in [0.25, 0.3) is 0 Å². The second-order valence-corrected chi connectivity index (χ2v) is 11.7. The summed E-state index contributed by atoms with van der Waals surface area (Å²) in [5.74, 6) is 0.410. The molecule has 234 valence electrons. The van der Waals surface area contributed by atoms with E-state index in [2.05, 4.69) is 20.6 Å². The zero-order valence-electron chi connectivity index (χ0n) is 24.8. The fourth-order valence-corrected chi connectivity index (χ4v) is 5.71. The molecule has 10 nitrogen and oxygen atoms in total. The molecule has 45 heavy (non-hydrogen) atoms. The van der Waals surface area contributed by atoms with Gasteiger partial charge in [-0.05, 0) is 54.3 Å². The zero-order valence-corrected chi connectivity index (χ0v) is 25.6. The van der Waals surface area contributed by atoms with Crippen molar-refractivity contribution in [1.29, 1.82) is 0 Å². The first-order valence-electron chi connectivity index (χ1n) is 14.9. The summed E-state index contributed by atoms with van der Waals surface area (Å²) in [6.07, 6.45) is 4.95. The van der Waals surface area contributed by atoms with Crippen molar-refractivity contribution in [2.75, 3.05) is 22.1 Å². The van der Waals surface area contributed by atoms with Crippen LogP contribution in [0.5, 0.6) is 0 Å². The standard InChI is InChI=1S/C34H37N5O5S/c35-28-6-1-2-7-29(28)39-32(42)9-4-3-8-31(41)38-26-16-14-25(15-17-26)33-43-27(22-45-34-36-18-5-19-37-34)20-30(44-33)24-12-10-23(21-40)11-13-24/h1-2,5-7,10-19,27,30,33,40H,3-4,8-9,20-22,35H2,(H,38,41)(H,39,42)/t27-,30+,33+/m0/s1. The highest BCUT2D eigenvalue weighted by Crippen LogP contribution is 2.39. The highest BCUT2D eigenvalue weighted by Gasteiger charge is 2.32. The van der Waals surface area contributed by atoms with E-state index in [9.17, 15) is 14.7 Å². The number of hydrogen-bond donors (Lipinski definition) is 4. The highest BCUT2D eigenvalue weighted by atomic mass is 32.2. The van der Waals surface area contributed by atoms with Gasteiger partial charge in [0.1, 0.15) is 0 Å². The summed E-state index contributed by atoms with van der Waals surface area (Å²) in [4.78, 5) is 33.4. The van der Waals surface area contributed by atoms with Gasteiger partial charge in [0.2, 0.25) is 11.8 Å². The fraction of sp³-hybridized carbons (Fsp3) is 0.294. The number of unbranched alkanes of at least 4 members (excludes halogenated alkanes) is 1. The lowest BCUT2D eigenvalue weighted by Gasteiger charge is -2.36. The molecule has 3 aromatic carbocycles. The Balaban J connectivity index is 1.13. The Morgan fingerprint density at radius 2 is 1.51 bits per heavy atom. The number of nitrogens with zero attached hydrogens (tertiary/aromatic N) is 2. The number of para-hydroxylation sites is 2. The van der Waals surface area contributed by atoms with Crippen molar-refractivity contribution in [1.82, 2.24) is 9.97 Å². The minimum atomic E-state index is -0.606. The molecule has 5 rings (SSSR count). The molecule has 1 aliphatic heterocycles. The third-order valence-electron chi connectivity index (χ3n) is 7.31. The number of nitrogens with one attached hydrogen (secondary N) is 2. The number of nitrogen functional groups attached to an aromatic ring is 1. The van der Waals surface area contributed by atoms with Gasteiger partial charge in [0.25, 0.3) is 0 Å². The lowest BCUT2D eigenvalue weighted by atomic mass is 10.0. The number of aromatic nitrogens is 2. The van der Waals surface area contributed by atoms with E-state index >= 15 is 0 Å². The molecule has 5 N–H and O–H groups in total. The number of benzene rings is 3. The average Bonchev–Trinajstić information content (AvgIpc) is 3.07. The van der Waals surface area contributed by atoms with Gasteiger partial charge in [-0.2, -0.15) is 0 Å². The number of aliphatic hydroxyl groups excluding tert-OH is 1. The molecule has 0 unspecified atom stereocenters. The van der Waals surface area contributed by atoms with Gasteiger partial charge in [0.05, 0.1) is 30.2 Å². The second-order valence-electron chi connectivity index (χ2n) is 10.7. The number of hydrogen-bond acceptors (Lipinski definition) is 9. The van der Waals surface area contributed by atoms with Gasteiger partial charge in [-0.3, -0.25) is 9.59 Å². The average molecular weight is 628 g/mol. The first-order chi connectivity index (χ1) is 22.0. The molecular weight excluding hydrogens is 590 g/mol. The molecule has 1 aromatic heterocycles. The number of thioether (sulfide) groups is 1. The first kappa shape index (κ1) is 32.1. The second kappa shape index (κ2) is 16.1. The van der Waals surface area contributed by atoms with E-state index in [-0.39, 0.29) is 30.6 Å². The largest absolute Gasteiger partial charge is 0.397 e. The van der Waals surface area contributed by atoms with Crippen LogP contribution in [0.2, 0.25) is 0 Å². The van der Waals surface area contributed by atoms with Crippen LogP contribution in [-0.4, -0.2) is 38.7 Å². The van der Waals surface area contributed by atoms with Crippen LogP contribution < -0.4 is 16.4 Å². The zero-order chi connectivity index (χ0) is 31.4. The fourth-order valence-electron chi connectivity index (χ4n) is 4.89. The van der Waals surface area contributed by atoms with Gasteiger partial charge in [0, 0.05) is 48.7 Å². The number of rotatable bonds is 13. The van der Waals surface area contributed by atoms with Gasteiger partial charge in [-0.1, -0.05) is 60.3 Å². The van der Waals surface area contributed by atoms with Crippen LogP contribution in [-0.2, 0) is 25.7 Å². The summed E-state index contributed by atoms with van der Waals surface area (Å²) in [7, 11) is 0. The third kappa shape index (κ3) is 9.60. The molecule has 2 heterocycles. The monoisotopic (exact) mass is 627 g/mol.